The Balaban J connectivity index is 2.51. The molecule has 0 N–H and O–H groups in total. The van der Waals surface area contributed by atoms with E-state index in [1.807, 2.05) is 38.1 Å². The van der Waals surface area contributed by atoms with Crippen molar-refractivity contribution in [3.8, 4) is 0 Å². The van der Waals surface area contributed by atoms with Gasteiger partial charge in [0.1, 0.15) is 0 Å². The van der Waals surface area contributed by atoms with Crippen LogP contribution in [0, 0.1) is 23.0 Å². The van der Waals surface area contributed by atoms with E-state index in [2.05, 4.69) is 0 Å². The number of benzene rings is 1. The highest BCUT2D eigenvalue weighted by atomic mass is 16.6. The monoisotopic (exact) mass is 193 g/mol. The summed E-state index contributed by atoms with van der Waals surface area (Å²) in [7, 11) is 0. The molecule has 0 fully saturated rings. The minimum atomic E-state index is -0.251. The Bertz CT molecular complexity index is 306. The molecule has 76 valence electrons. The zero-order chi connectivity index (χ0) is 10.6. The number of hydrogen-bond donors (Lipinski definition) is 0. The van der Waals surface area contributed by atoms with Crippen molar-refractivity contribution >= 4 is 0 Å². The Morgan fingerprint density at radius 2 is 1.93 bits per heavy atom. The standard InChI is InChI=1S/C11H15NO2/c1-9-3-5-11(6-4-9)7-10(2)8-12(13)14/h3-6,10H,7-8H2,1-2H3. The first kappa shape index (κ1) is 10.7. The largest absolute Gasteiger partial charge is 0.265 e. The molecule has 0 radical (unpaired) electrons. The van der Waals surface area contributed by atoms with Crippen molar-refractivity contribution in [2.45, 2.75) is 20.3 Å². The smallest absolute Gasteiger partial charge is 0.206 e. The van der Waals surface area contributed by atoms with Gasteiger partial charge in [0.2, 0.25) is 6.54 Å². The van der Waals surface area contributed by atoms with E-state index in [4.69, 9.17) is 0 Å². The molecule has 0 heterocycles. The Labute approximate surface area is 83.9 Å². The lowest BCUT2D eigenvalue weighted by Crippen LogP contribution is -2.13. The van der Waals surface area contributed by atoms with Gasteiger partial charge < -0.3 is 0 Å². The van der Waals surface area contributed by atoms with Gasteiger partial charge in [-0.15, -0.1) is 0 Å². The molecule has 0 amide bonds. The van der Waals surface area contributed by atoms with E-state index in [9.17, 15) is 10.1 Å². The summed E-state index contributed by atoms with van der Waals surface area (Å²) >= 11 is 0. The van der Waals surface area contributed by atoms with Crippen LogP contribution in [0.15, 0.2) is 24.3 Å². The number of aryl methyl sites for hydroxylation is 1. The normalized spacial score (nSPS) is 12.4. The molecule has 1 aromatic rings. The summed E-state index contributed by atoms with van der Waals surface area (Å²) in [6.07, 6.45) is 0.779. The average molecular weight is 193 g/mol. The van der Waals surface area contributed by atoms with Gasteiger partial charge in [-0.1, -0.05) is 36.8 Å². The van der Waals surface area contributed by atoms with Crippen molar-refractivity contribution in [1.82, 2.24) is 0 Å². The molecule has 1 atom stereocenters. The maximum absolute atomic E-state index is 10.3. The van der Waals surface area contributed by atoms with Crippen LogP contribution in [-0.4, -0.2) is 11.5 Å². The number of hydrogen-bond acceptors (Lipinski definition) is 2. The molecule has 0 bridgehead atoms. The highest BCUT2D eigenvalue weighted by Gasteiger charge is 2.09. The fourth-order valence-corrected chi connectivity index (χ4v) is 1.45. The highest BCUT2D eigenvalue weighted by Crippen LogP contribution is 2.09. The summed E-state index contributed by atoms with van der Waals surface area (Å²) in [5.41, 5.74) is 2.39. The summed E-state index contributed by atoms with van der Waals surface area (Å²) in [4.78, 5) is 10.0. The second kappa shape index (κ2) is 4.74. The fraction of sp³-hybridized carbons (Fsp3) is 0.455. The summed E-state index contributed by atoms with van der Waals surface area (Å²) in [5.74, 6) is 0.104. The first-order chi connectivity index (χ1) is 6.58. The van der Waals surface area contributed by atoms with Crippen LogP contribution >= 0.6 is 0 Å². The van der Waals surface area contributed by atoms with Gasteiger partial charge in [-0.25, -0.2) is 0 Å². The van der Waals surface area contributed by atoms with Gasteiger partial charge in [-0.3, -0.25) is 10.1 Å². The maximum Gasteiger partial charge on any atom is 0.206 e. The first-order valence-electron chi connectivity index (χ1n) is 4.75. The van der Waals surface area contributed by atoms with E-state index < -0.39 is 0 Å². The molecule has 14 heavy (non-hydrogen) atoms. The van der Waals surface area contributed by atoms with Crippen molar-refractivity contribution in [3.05, 3.63) is 45.5 Å². The molecule has 3 heteroatoms. The van der Waals surface area contributed by atoms with Gasteiger partial charge in [0.05, 0.1) is 0 Å². The Hall–Kier alpha value is -1.38. The van der Waals surface area contributed by atoms with Crippen LogP contribution in [0.25, 0.3) is 0 Å². The zero-order valence-electron chi connectivity index (χ0n) is 8.56. The number of rotatable bonds is 4. The van der Waals surface area contributed by atoms with E-state index in [0.717, 1.165) is 6.42 Å². The molecular formula is C11H15NO2. The van der Waals surface area contributed by atoms with Crippen molar-refractivity contribution < 1.29 is 4.92 Å². The van der Waals surface area contributed by atoms with Crippen molar-refractivity contribution in [2.24, 2.45) is 5.92 Å². The van der Waals surface area contributed by atoms with E-state index in [0.29, 0.717) is 0 Å². The molecule has 0 saturated carbocycles. The lowest BCUT2D eigenvalue weighted by Gasteiger charge is -2.06. The molecule has 0 aromatic heterocycles. The second-order valence-electron chi connectivity index (χ2n) is 3.81. The molecule has 0 aliphatic carbocycles. The predicted octanol–water partition coefficient (Wildman–Crippen LogP) is 2.45. The minimum Gasteiger partial charge on any atom is -0.265 e. The van der Waals surface area contributed by atoms with E-state index in [1.165, 1.54) is 11.1 Å². The average Bonchev–Trinajstić information content (AvgIpc) is 2.07. The van der Waals surface area contributed by atoms with Crippen molar-refractivity contribution in [2.75, 3.05) is 6.54 Å². The molecule has 0 spiro atoms. The fourth-order valence-electron chi connectivity index (χ4n) is 1.45. The van der Waals surface area contributed by atoms with E-state index in [1.54, 1.807) is 0 Å². The number of nitrogens with zero attached hydrogens (tertiary/aromatic N) is 1. The molecule has 1 unspecified atom stereocenters. The maximum atomic E-state index is 10.3. The topological polar surface area (TPSA) is 43.1 Å². The van der Waals surface area contributed by atoms with Crippen LogP contribution < -0.4 is 0 Å². The Morgan fingerprint density at radius 1 is 1.36 bits per heavy atom. The molecule has 1 aromatic carbocycles. The highest BCUT2D eigenvalue weighted by molar-refractivity contribution is 5.21. The molecule has 0 saturated heterocycles. The van der Waals surface area contributed by atoms with Crippen LogP contribution in [0.3, 0.4) is 0 Å². The van der Waals surface area contributed by atoms with Gasteiger partial charge in [-0.05, 0) is 18.9 Å². The van der Waals surface area contributed by atoms with Gasteiger partial charge in [0, 0.05) is 10.8 Å². The van der Waals surface area contributed by atoms with Gasteiger partial charge >= 0.3 is 0 Å². The Morgan fingerprint density at radius 3 is 2.43 bits per heavy atom. The third-order valence-corrected chi connectivity index (χ3v) is 2.17. The van der Waals surface area contributed by atoms with Crippen LogP contribution in [0.1, 0.15) is 18.1 Å². The summed E-state index contributed by atoms with van der Waals surface area (Å²) in [6.45, 7) is 3.99. The minimum absolute atomic E-state index is 0.0495. The lowest BCUT2D eigenvalue weighted by atomic mass is 10.0. The molecular weight excluding hydrogens is 178 g/mol. The van der Waals surface area contributed by atoms with Gasteiger partial charge in [0.15, 0.2) is 0 Å². The molecule has 0 aliphatic rings. The quantitative estimate of drug-likeness (QED) is 0.544. The third kappa shape index (κ3) is 3.56. The third-order valence-electron chi connectivity index (χ3n) is 2.17. The van der Waals surface area contributed by atoms with Crippen molar-refractivity contribution in [1.29, 1.82) is 0 Å². The lowest BCUT2D eigenvalue weighted by molar-refractivity contribution is -0.487. The molecule has 1 rings (SSSR count). The van der Waals surface area contributed by atoms with Gasteiger partial charge in [0.25, 0.3) is 0 Å². The van der Waals surface area contributed by atoms with E-state index in [-0.39, 0.29) is 17.4 Å². The number of nitro groups is 1. The van der Waals surface area contributed by atoms with Crippen LogP contribution in [0.4, 0.5) is 0 Å². The summed E-state index contributed by atoms with van der Waals surface area (Å²) in [5, 5.41) is 10.3. The SMILES string of the molecule is Cc1ccc(CC(C)C[N+](=O)[O-])cc1. The predicted molar refractivity (Wildman–Crippen MR) is 55.9 cm³/mol. The Kier molecular flexibility index (Phi) is 3.63. The molecule has 3 nitrogen and oxygen atoms in total. The van der Waals surface area contributed by atoms with E-state index >= 15 is 0 Å². The van der Waals surface area contributed by atoms with Crippen LogP contribution in [-0.2, 0) is 6.42 Å². The zero-order valence-corrected chi connectivity index (χ0v) is 8.56. The summed E-state index contributed by atoms with van der Waals surface area (Å²) in [6, 6.07) is 8.14. The van der Waals surface area contributed by atoms with Crippen LogP contribution in [0.2, 0.25) is 0 Å². The van der Waals surface area contributed by atoms with Crippen LogP contribution in [0.5, 0.6) is 0 Å². The molecule has 0 aliphatic heterocycles. The summed E-state index contributed by atoms with van der Waals surface area (Å²) < 4.78 is 0. The second-order valence-corrected chi connectivity index (χ2v) is 3.81. The van der Waals surface area contributed by atoms with Gasteiger partial charge in [-0.2, -0.15) is 0 Å². The first-order valence-corrected chi connectivity index (χ1v) is 4.75. The van der Waals surface area contributed by atoms with Crippen molar-refractivity contribution in [3.63, 3.8) is 0 Å².